The molecule has 1 N–H and O–H groups in total. The van der Waals surface area contributed by atoms with Gasteiger partial charge < -0.3 is 9.88 Å². The Morgan fingerprint density at radius 2 is 1.90 bits per heavy atom. The van der Waals surface area contributed by atoms with E-state index in [1.807, 2.05) is 41.3 Å². The van der Waals surface area contributed by atoms with Crippen molar-refractivity contribution in [2.75, 3.05) is 11.1 Å². The lowest BCUT2D eigenvalue weighted by Crippen LogP contribution is -2.14. The van der Waals surface area contributed by atoms with Gasteiger partial charge in [0.15, 0.2) is 10.3 Å². The van der Waals surface area contributed by atoms with Crippen LogP contribution in [0, 0.1) is 5.92 Å². The van der Waals surface area contributed by atoms with E-state index >= 15 is 0 Å². The molecule has 0 saturated carbocycles. The lowest BCUT2D eigenvalue weighted by molar-refractivity contribution is -0.113. The molecule has 0 bridgehead atoms. The van der Waals surface area contributed by atoms with Crippen molar-refractivity contribution in [3.8, 4) is 11.3 Å². The van der Waals surface area contributed by atoms with Gasteiger partial charge in [-0.15, -0.1) is 11.3 Å². The van der Waals surface area contributed by atoms with Crippen LogP contribution in [0.25, 0.3) is 22.3 Å². The fraction of sp³-hybridized carbons (Fsp3) is 0.261. The van der Waals surface area contributed by atoms with E-state index in [-0.39, 0.29) is 11.7 Å². The highest BCUT2D eigenvalue weighted by Gasteiger charge is 2.12. The van der Waals surface area contributed by atoms with Crippen molar-refractivity contribution in [2.45, 2.75) is 25.4 Å². The average Bonchev–Trinajstić information content (AvgIpc) is 3.31. The summed E-state index contributed by atoms with van der Waals surface area (Å²) in [5.74, 6) is 0.842. The molecular weight excluding hydrogens is 412 g/mol. The van der Waals surface area contributed by atoms with E-state index in [0.29, 0.717) is 11.0 Å². The Labute approximate surface area is 184 Å². The van der Waals surface area contributed by atoms with Crippen LogP contribution in [0.4, 0.5) is 5.13 Å². The zero-order valence-corrected chi connectivity index (χ0v) is 18.9. The van der Waals surface area contributed by atoms with Crippen molar-refractivity contribution >= 4 is 45.2 Å². The molecule has 2 aromatic heterocycles. The van der Waals surface area contributed by atoms with Crippen LogP contribution in [0.1, 0.15) is 19.4 Å². The van der Waals surface area contributed by atoms with Crippen LogP contribution in [0.3, 0.4) is 0 Å². The van der Waals surface area contributed by atoms with E-state index in [1.165, 1.54) is 28.7 Å². The van der Waals surface area contributed by atoms with E-state index < -0.39 is 0 Å². The monoisotopic (exact) mass is 436 g/mol. The number of hydrogen-bond acceptors (Lipinski definition) is 5. The quantitative estimate of drug-likeness (QED) is 0.382. The molecule has 0 spiro atoms. The molecule has 4 rings (SSSR count). The summed E-state index contributed by atoms with van der Waals surface area (Å²) < 4.78 is 2.01. The largest absolute Gasteiger partial charge is 0.322 e. The molecular formula is C23H24N4OS2. The fourth-order valence-electron chi connectivity index (χ4n) is 3.28. The Morgan fingerprint density at radius 1 is 1.13 bits per heavy atom. The lowest BCUT2D eigenvalue weighted by atomic mass is 10.0. The van der Waals surface area contributed by atoms with Crippen molar-refractivity contribution in [2.24, 2.45) is 13.0 Å². The van der Waals surface area contributed by atoms with Gasteiger partial charge in [0.1, 0.15) is 0 Å². The molecule has 0 aliphatic carbocycles. The van der Waals surface area contributed by atoms with Crippen LogP contribution in [0.2, 0.25) is 0 Å². The third-order valence-corrected chi connectivity index (χ3v) is 6.51. The van der Waals surface area contributed by atoms with Crippen molar-refractivity contribution in [1.29, 1.82) is 0 Å². The van der Waals surface area contributed by atoms with Crippen LogP contribution < -0.4 is 5.32 Å². The van der Waals surface area contributed by atoms with E-state index in [2.05, 4.69) is 53.4 Å². The van der Waals surface area contributed by atoms with Crippen LogP contribution in [-0.2, 0) is 18.3 Å². The third-order valence-electron chi connectivity index (χ3n) is 4.72. The van der Waals surface area contributed by atoms with Gasteiger partial charge in [-0.3, -0.25) is 4.79 Å². The number of rotatable bonds is 7. The average molecular weight is 437 g/mol. The molecule has 0 fully saturated rings. The minimum atomic E-state index is -0.0831. The molecule has 4 aromatic rings. The van der Waals surface area contributed by atoms with Gasteiger partial charge in [0.25, 0.3) is 0 Å². The number of carbonyl (C=O) groups excluding carboxylic acids is 1. The highest BCUT2D eigenvalue weighted by atomic mass is 32.2. The summed E-state index contributed by atoms with van der Waals surface area (Å²) in [7, 11) is 1.97. The summed E-state index contributed by atoms with van der Waals surface area (Å²) in [5, 5.41) is 6.33. The summed E-state index contributed by atoms with van der Waals surface area (Å²) in [4.78, 5) is 21.6. The zero-order chi connectivity index (χ0) is 21.1. The summed E-state index contributed by atoms with van der Waals surface area (Å²) in [6.45, 7) is 4.44. The summed E-state index contributed by atoms with van der Waals surface area (Å²) in [6.07, 6.45) is 1.07. The first-order chi connectivity index (χ1) is 14.5. The second-order valence-electron chi connectivity index (χ2n) is 7.61. The Hall–Kier alpha value is -2.64. The molecule has 7 heteroatoms. The Bertz CT molecular complexity index is 1160. The standard InChI is InChI=1S/C23H24N4OS2/c1-15(2)12-16-8-10-17(11-9-16)19-13-29-22(24-19)26-21(28)14-30-23-25-18-6-4-5-7-20(18)27(23)3/h4-11,13,15H,12,14H2,1-3H3,(H,24,26,28). The van der Waals surface area contributed by atoms with E-state index in [1.54, 1.807) is 0 Å². The maximum atomic E-state index is 12.4. The van der Waals surface area contributed by atoms with Crippen molar-refractivity contribution in [3.05, 3.63) is 59.5 Å². The Morgan fingerprint density at radius 3 is 2.63 bits per heavy atom. The number of amides is 1. The van der Waals surface area contributed by atoms with Crippen molar-refractivity contribution in [1.82, 2.24) is 14.5 Å². The number of imidazole rings is 1. The summed E-state index contributed by atoms with van der Waals surface area (Å²) in [6, 6.07) is 16.5. The first-order valence-electron chi connectivity index (χ1n) is 9.88. The normalized spacial score (nSPS) is 11.3. The number of hydrogen-bond donors (Lipinski definition) is 1. The fourth-order valence-corrected chi connectivity index (χ4v) is 4.81. The predicted octanol–water partition coefficient (Wildman–Crippen LogP) is 5.63. The van der Waals surface area contributed by atoms with E-state index in [0.717, 1.165) is 33.9 Å². The number of thioether (sulfide) groups is 1. The van der Waals surface area contributed by atoms with E-state index in [9.17, 15) is 4.79 Å². The van der Waals surface area contributed by atoms with Crippen LogP contribution in [-0.4, -0.2) is 26.2 Å². The number of carbonyl (C=O) groups is 1. The number of anilines is 1. The molecule has 2 aromatic carbocycles. The van der Waals surface area contributed by atoms with Crippen molar-refractivity contribution < 1.29 is 4.79 Å². The molecule has 0 aliphatic rings. The SMILES string of the molecule is CC(C)Cc1ccc(-c2csc(NC(=O)CSc3nc4ccccc4n3C)n2)cc1. The van der Waals surface area contributed by atoms with Gasteiger partial charge in [-0.2, -0.15) is 0 Å². The van der Waals surface area contributed by atoms with Crippen LogP contribution >= 0.6 is 23.1 Å². The van der Waals surface area contributed by atoms with Gasteiger partial charge in [-0.1, -0.05) is 62.0 Å². The maximum Gasteiger partial charge on any atom is 0.236 e. The van der Waals surface area contributed by atoms with Gasteiger partial charge in [0, 0.05) is 18.0 Å². The van der Waals surface area contributed by atoms with Gasteiger partial charge in [0.05, 0.1) is 22.5 Å². The molecule has 154 valence electrons. The first kappa shape index (κ1) is 20.6. The second kappa shape index (κ2) is 9.02. The minimum Gasteiger partial charge on any atom is -0.322 e. The lowest BCUT2D eigenvalue weighted by Gasteiger charge is -2.05. The molecule has 0 saturated heterocycles. The Kier molecular flexibility index (Phi) is 6.20. The molecule has 0 atom stereocenters. The number of fused-ring (bicyclic) bond motifs is 1. The molecule has 0 unspecified atom stereocenters. The van der Waals surface area contributed by atoms with Gasteiger partial charge in [-0.25, -0.2) is 9.97 Å². The predicted molar refractivity (Wildman–Crippen MR) is 126 cm³/mol. The van der Waals surface area contributed by atoms with Crippen molar-refractivity contribution in [3.63, 3.8) is 0 Å². The molecule has 2 heterocycles. The maximum absolute atomic E-state index is 12.4. The minimum absolute atomic E-state index is 0.0831. The molecule has 1 amide bonds. The summed E-state index contributed by atoms with van der Waals surface area (Å²) in [5.41, 5.74) is 5.27. The molecule has 0 aliphatic heterocycles. The van der Waals surface area contributed by atoms with Crippen LogP contribution in [0.15, 0.2) is 59.1 Å². The molecule has 30 heavy (non-hydrogen) atoms. The van der Waals surface area contributed by atoms with E-state index in [4.69, 9.17) is 0 Å². The number of benzene rings is 2. The highest BCUT2D eigenvalue weighted by molar-refractivity contribution is 7.99. The van der Waals surface area contributed by atoms with Gasteiger partial charge >= 0.3 is 0 Å². The number of thiazole rings is 1. The third kappa shape index (κ3) is 4.74. The van der Waals surface area contributed by atoms with Crippen LogP contribution in [0.5, 0.6) is 0 Å². The highest BCUT2D eigenvalue weighted by Crippen LogP contribution is 2.27. The van der Waals surface area contributed by atoms with Gasteiger partial charge in [-0.05, 0) is 30.0 Å². The number of nitrogens with one attached hydrogen (secondary N) is 1. The Balaban J connectivity index is 1.36. The molecule has 5 nitrogen and oxygen atoms in total. The zero-order valence-electron chi connectivity index (χ0n) is 17.3. The summed E-state index contributed by atoms with van der Waals surface area (Å²) >= 11 is 2.87. The topological polar surface area (TPSA) is 59.8 Å². The second-order valence-corrected chi connectivity index (χ2v) is 9.41. The number of aryl methyl sites for hydroxylation is 1. The molecule has 0 radical (unpaired) electrons. The number of aromatic nitrogens is 3. The smallest absolute Gasteiger partial charge is 0.236 e. The number of para-hydroxylation sites is 2. The number of nitrogens with zero attached hydrogens (tertiary/aromatic N) is 3. The first-order valence-corrected chi connectivity index (χ1v) is 11.7. The van der Waals surface area contributed by atoms with Gasteiger partial charge in [0.2, 0.25) is 5.91 Å².